The summed E-state index contributed by atoms with van der Waals surface area (Å²) in [6.45, 7) is 0.796. The summed E-state index contributed by atoms with van der Waals surface area (Å²) >= 11 is 12.5. The Bertz CT molecular complexity index is 807. The maximum atomic E-state index is 6.40. The first-order valence-corrected chi connectivity index (χ1v) is 6.91. The van der Waals surface area contributed by atoms with Crippen LogP contribution in [-0.2, 0) is 4.74 Å². The van der Waals surface area contributed by atoms with Gasteiger partial charge >= 0.3 is 0 Å². The molecule has 19 heavy (non-hydrogen) atoms. The molecule has 1 saturated heterocycles. The summed E-state index contributed by atoms with van der Waals surface area (Å²) in [4.78, 5) is 0. The molecule has 0 aromatic heterocycles. The number of benzene rings is 3. The van der Waals surface area contributed by atoms with E-state index in [1.54, 1.807) is 0 Å². The number of rotatable bonds is 1. The highest BCUT2D eigenvalue weighted by molar-refractivity contribution is 6.38. The van der Waals surface area contributed by atoms with Crippen molar-refractivity contribution < 1.29 is 4.74 Å². The molecule has 0 unspecified atom stereocenters. The molecule has 4 rings (SSSR count). The maximum absolute atomic E-state index is 6.40. The van der Waals surface area contributed by atoms with Crippen molar-refractivity contribution in [3.63, 3.8) is 0 Å². The van der Waals surface area contributed by atoms with E-state index >= 15 is 0 Å². The van der Waals surface area contributed by atoms with Gasteiger partial charge in [0.25, 0.3) is 0 Å². The summed E-state index contributed by atoms with van der Waals surface area (Å²) in [5, 5.41) is 5.95. The molecular weight excluding hydrogens is 279 g/mol. The molecule has 1 fully saturated rings. The molecule has 0 bridgehead atoms. The van der Waals surface area contributed by atoms with Crippen LogP contribution in [0, 0.1) is 0 Å². The Morgan fingerprint density at radius 1 is 0.895 bits per heavy atom. The fourth-order valence-corrected chi connectivity index (χ4v) is 3.09. The molecule has 1 aliphatic heterocycles. The molecule has 3 heteroatoms. The Kier molecular flexibility index (Phi) is 2.49. The Morgan fingerprint density at radius 2 is 1.74 bits per heavy atom. The average Bonchev–Trinajstić information content (AvgIpc) is 3.22. The summed E-state index contributed by atoms with van der Waals surface area (Å²) in [5.74, 6) is 0. The second-order valence-electron chi connectivity index (χ2n) is 4.81. The highest BCUT2D eigenvalue weighted by Crippen LogP contribution is 2.40. The molecular formula is C16H10Cl2O. The number of hydrogen-bond acceptors (Lipinski definition) is 1. The molecule has 0 amide bonds. The minimum atomic E-state index is 0.219. The summed E-state index contributed by atoms with van der Waals surface area (Å²) in [6, 6.07) is 14.1. The standard InChI is InChI=1S/C16H10Cl2O/c17-9-4-5-11-13(6-9)10-2-1-3-12(16-8-19-16)14(10)7-15(11)18/h1-7,16H,8H2/t16-/m0/s1. The van der Waals surface area contributed by atoms with E-state index in [-0.39, 0.29) is 6.10 Å². The van der Waals surface area contributed by atoms with Gasteiger partial charge in [-0.25, -0.2) is 0 Å². The van der Waals surface area contributed by atoms with Crippen LogP contribution >= 0.6 is 23.2 Å². The van der Waals surface area contributed by atoms with Crippen molar-refractivity contribution in [1.29, 1.82) is 0 Å². The van der Waals surface area contributed by atoms with Gasteiger partial charge in [0.1, 0.15) is 6.10 Å². The fraction of sp³-hybridized carbons (Fsp3) is 0.125. The zero-order chi connectivity index (χ0) is 13.0. The zero-order valence-corrected chi connectivity index (χ0v) is 11.5. The quantitative estimate of drug-likeness (QED) is 0.433. The Balaban J connectivity index is 2.19. The van der Waals surface area contributed by atoms with E-state index in [9.17, 15) is 0 Å². The third-order valence-corrected chi connectivity index (χ3v) is 4.17. The molecule has 1 heterocycles. The first-order chi connectivity index (χ1) is 9.24. The lowest BCUT2D eigenvalue weighted by Crippen LogP contribution is -1.86. The van der Waals surface area contributed by atoms with Crippen LogP contribution in [0.4, 0.5) is 0 Å². The van der Waals surface area contributed by atoms with Crippen molar-refractivity contribution in [1.82, 2.24) is 0 Å². The van der Waals surface area contributed by atoms with Crippen molar-refractivity contribution in [3.8, 4) is 0 Å². The van der Waals surface area contributed by atoms with Gasteiger partial charge in [-0.2, -0.15) is 0 Å². The predicted molar refractivity (Wildman–Crippen MR) is 80.2 cm³/mol. The Hall–Kier alpha value is -1.28. The molecule has 0 spiro atoms. The largest absolute Gasteiger partial charge is 0.368 e. The van der Waals surface area contributed by atoms with Crippen LogP contribution in [0.1, 0.15) is 11.7 Å². The molecule has 94 valence electrons. The van der Waals surface area contributed by atoms with Crippen LogP contribution in [-0.4, -0.2) is 6.61 Å². The average molecular weight is 289 g/mol. The van der Waals surface area contributed by atoms with Gasteiger partial charge in [0.05, 0.1) is 6.61 Å². The van der Waals surface area contributed by atoms with E-state index in [2.05, 4.69) is 18.2 Å². The van der Waals surface area contributed by atoms with Gasteiger partial charge in [0.2, 0.25) is 0 Å². The number of ether oxygens (including phenoxy) is 1. The molecule has 3 aromatic carbocycles. The first kappa shape index (κ1) is 11.5. The van der Waals surface area contributed by atoms with Crippen LogP contribution in [0.25, 0.3) is 21.5 Å². The van der Waals surface area contributed by atoms with Crippen molar-refractivity contribution in [2.75, 3.05) is 6.61 Å². The van der Waals surface area contributed by atoms with Crippen LogP contribution in [0.2, 0.25) is 10.0 Å². The normalized spacial score (nSPS) is 18.1. The number of hydrogen-bond donors (Lipinski definition) is 0. The summed E-state index contributed by atoms with van der Waals surface area (Å²) in [5.41, 5.74) is 1.21. The molecule has 1 nitrogen and oxygen atoms in total. The topological polar surface area (TPSA) is 12.5 Å². The molecule has 0 radical (unpaired) electrons. The van der Waals surface area contributed by atoms with Crippen LogP contribution in [0.15, 0.2) is 42.5 Å². The summed E-state index contributed by atoms with van der Waals surface area (Å²) in [7, 11) is 0. The second-order valence-corrected chi connectivity index (χ2v) is 5.66. The second kappa shape index (κ2) is 4.11. The minimum absolute atomic E-state index is 0.219. The summed E-state index contributed by atoms with van der Waals surface area (Å²) < 4.78 is 5.41. The third-order valence-electron chi connectivity index (χ3n) is 3.62. The number of halogens is 2. The van der Waals surface area contributed by atoms with E-state index < -0.39 is 0 Å². The van der Waals surface area contributed by atoms with Crippen molar-refractivity contribution in [2.24, 2.45) is 0 Å². The molecule has 1 atom stereocenters. The van der Waals surface area contributed by atoms with E-state index in [0.717, 1.165) is 32.8 Å². The zero-order valence-electron chi connectivity index (χ0n) is 9.99. The van der Waals surface area contributed by atoms with Gasteiger partial charge in [-0.1, -0.05) is 47.5 Å². The van der Waals surface area contributed by atoms with Crippen molar-refractivity contribution in [3.05, 3.63) is 58.1 Å². The van der Waals surface area contributed by atoms with E-state index in [4.69, 9.17) is 27.9 Å². The molecule has 0 saturated carbocycles. The smallest absolute Gasteiger partial charge is 0.107 e. The SMILES string of the molecule is Clc1ccc2c(Cl)cc3c([C@@H]4CO4)cccc3c2c1. The highest BCUT2D eigenvalue weighted by Gasteiger charge is 2.26. The van der Waals surface area contributed by atoms with E-state index in [0.29, 0.717) is 0 Å². The first-order valence-electron chi connectivity index (χ1n) is 6.16. The van der Waals surface area contributed by atoms with Crippen molar-refractivity contribution in [2.45, 2.75) is 6.10 Å². The number of epoxide rings is 1. The van der Waals surface area contributed by atoms with Crippen LogP contribution in [0.5, 0.6) is 0 Å². The lowest BCUT2D eigenvalue weighted by atomic mass is 9.97. The van der Waals surface area contributed by atoms with Gasteiger partial charge < -0.3 is 4.74 Å². The third kappa shape index (κ3) is 1.81. The lowest BCUT2D eigenvalue weighted by molar-refractivity contribution is 0.417. The Labute approximate surface area is 120 Å². The molecule has 1 aliphatic rings. The van der Waals surface area contributed by atoms with Gasteiger partial charge in [-0.05, 0) is 39.9 Å². The monoisotopic (exact) mass is 288 g/mol. The van der Waals surface area contributed by atoms with Crippen LogP contribution < -0.4 is 0 Å². The van der Waals surface area contributed by atoms with E-state index in [1.165, 1.54) is 10.9 Å². The highest BCUT2D eigenvalue weighted by atomic mass is 35.5. The van der Waals surface area contributed by atoms with Crippen LogP contribution in [0.3, 0.4) is 0 Å². The molecule has 0 aliphatic carbocycles. The summed E-state index contributed by atoms with van der Waals surface area (Å²) in [6.07, 6.45) is 0.219. The number of fused-ring (bicyclic) bond motifs is 3. The maximum Gasteiger partial charge on any atom is 0.107 e. The fourth-order valence-electron chi connectivity index (χ4n) is 2.64. The Morgan fingerprint density at radius 3 is 2.53 bits per heavy atom. The lowest BCUT2D eigenvalue weighted by Gasteiger charge is -2.09. The minimum Gasteiger partial charge on any atom is -0.368 e. The van der Waals surface area contributed by atoms with Crippen molar-refractivity contribution >= 4 is 44.7 Å². The van der Waals surface area contributed by atoms with Gasteiger partial charge in [0.15, 0.2) is 0 Å². The van der Waals surface area contributed by atoms with E-state index in [1.807, 2.05) is 24.3 Å². The van der Waals surface area contributed by atoms with Gasteiger partial charge in [-0.3, -0.25) is 0 Å². The molecule has 3 aromatic rings. The molecule has 0 N–H and O–H groups in total. The predicted octanol–water partition coefficient (Wildman–Crippen LogP) is 5.37. The van der Waals surface area contributed by atoms with Gasteiger partial charge in [0, 0.05) is 15.4 Å². The van der Waals surface area contributed by atoms with Gasteiger partial charge in [-0.15, -0.1) is 0 Å².